The molecule has 1 aliphatic carbocycles. The van der Waals surface area contributed by atoms with Crippen LogP contribution in [0.2, 0.25) is 0 Å². The van der Waals surface area contributed by atoms with Gasteiger partial charge >= 0.3 is 0 Å². The van der Waals surface area contributed by atoms with Crippen molar-refractivity contribution in [3.8, 4) is 17.1 Å². The molecule has 0 aliphatic heterocycles. The van der Waals surface area contributed by atoms with Crippen LogP contribution in [-0.4, -0.2) is 22.6 Å². The number of aromatic nitrogens is 2. The number of nitrogens with zero attached hydrogens (tertiary/aromatic N) is 2. The molecule has 0 spiro atoms. The third-order valence-electron chi connectivity index (χ3n) is 4.74. The molecule has 4 rings (SSSR count). The number of allylic oxidation sites excluding steroid dienone is 1. The van der Waals surface area contributed by atoms with E-state index < -0.39 is 0 Å². The van der Waals surface area contributed by atoms with Crippen molar-refractivity contribution in [1.82, 2.24) is 9.97 Å². The molecule has 142 valence electrons. The van der Waals surface area contributed by atoms with Gasteiger partial charge in [0.05, 0.1) is 11.8 Å². The molecule has 4 nitrogen and oxygen atoms in total. The van der Waals surface area contributed by atoms with Crippen LogP contribution >= 0.6 is 0 Å². The Hall–Kier alpha value is -3.14. The molecule has 0 atom stereocenters. The highest BCUT2D eigenvalue weighted by Crippen LogP contribution is 2.29. The second-order valence-electron chi connectivity index (χ2n) is 7.22. The lowest BCUT2D eigenvalue weighted by molar-refractivity contribution is 0.232. The summed E-state index contributed by atoms with van der Waals surface area (Å²) < 4.78 is 5.84. The Morgan fingerprint density at radius 2 is 1.79 bits per heavy atom. The molecular weight excluding hydrogens is 346 g/mol. The fourth-order valence-corrected chi connectivity index (χ4v) is 3.46. The van der Waals surface area contributed by atoms with Crippen LogP contribution in [0.15, 0.2) is 66.7 Å². The van der Waals surface area contributed by atoms with Gasteiger partial charge in [0.15, 0.2) is 0 Å². The summed E-state index contributed by atoms with van der Waals surface area (Å²) in [5, 5.41) is 3.38. The minimum absolute atomic E-state index is 0.0616. The molecule has 28 heavy (non-hydrogen) atoms. The molecule has 1 aliphatic rings. The molecule has 0 amide bonds. The average molecular weight is 371 g/mol. The van der Waals surface area contributed by atoms with Gasteiger partial charge in [0.1, 0.15) is 0 Å². The highest BCUT2D eigenvalue weighted by atomic mass is 16.5. The molecule has 1 N–H and O–H groups in total. The molecule has 0 saturated carbocycles. The fourth-order valence-electron chi connectivity index (χ4n) is 3.46. The van der Waals surface area contributed by atoms with Gasteiger partial charge in [0, 0.05) is 18.2 Å². The fraction of sp³-hybridized carbons (Fsp3) is 0.250. The van der Waals surface area contributed by atoms with Crippen LogP contribution in [0.25, 0.3) is 16.8 Å². The lowest BCUT2D eigenvalue weighted by atomic mass is 10.0. The minimum Gasteiger partial charge on any atom is -0.475 e. The normalized spacial score (nSPS) is 12.6. The Kier molecular flexibility index (Phi) is 5.38. The summed E-state index contributed by atoms with van der Waals surface area (Å²) in [6, 6.07) is 20.6. The molecule has 3 aromatic rings. The van der Waals surface area contributed by atoms with Crippen molar-refractivity contribution < 1.29 is 4.74 Å². The van der Waals surface area contributed by atoms with Gasteiger partial charge in [0.25, 0.3) is 0 Å². The van der Waals surface area contributed by atoms with Crippen molar-refractivity contribution in [3.63, 3.8) is 0 Å². The summed E-state index contributed by atoms with van der Waals surface area (Å²) in [4.78, 5) is 9.24. The van der Waals surface area contributed by atoms with E-state index in [0.717, 1.165) is 30.6 Å². The largest absolute Gasteiger partial charge is 0.475 e. The maximum Gasteiger partial charge on any atom is 0.226 e. The van der Waals surface area contributed by atoms with Crippen LogP contribution < -0.4 is 10.1 Å². The van der Waals surface area contributed by atoms with E-state index in [1.165, 1.54) is 16.7 Å². The van der Waals surface area contributed by atoms with E-state index in [-0.39, 0.29) is 6.10 Å². The first kappa shape index (κ1) is 18.2. The van der Waals surface area contributed by atoms with Crippen molar-refractivity contribution in [1.29, 1.82) is 0 Å². The summed E-state index contributed by atoms with van der Waals surface area (Å²) in [5.41, 5.74) is 6.08. The van der Waals surface area contributed by atoms with Gasteiger partial charge in [-0.15, -0.1) is 0 Å². The molecule has 0 radical (unpaired) electrons. The molecular formula is C24H25N3O. The summed E-state index contributed by atoms with van der Waals surface area (Å²) in [5.74, 6) is 1.20. The smallest absolute Gasteiger partial charge is 0.226 e. The first-order chi connectivity index (χ1) is 13.7. The number of anilines is 1. The van der Waals surface area contributed by atoms with Gasteiger partial charge in [0.2, 0.25) is 11.8 Å². The summed E-state index contributed by atoms with van der Waals surface area (Å²) in [6.45, 7) is 4.78. The quantitative estimate of drug-likeness (QED) is 0.606. The third kappa shape index (κ3) is 4.22. The number of fused-ring (bicyclic) bond motifs is 1. The van der Waals surface area contributed by atoms with Crippen molar-refractivity contribution in [2.24, 2.45) is 0 Å². The Bertz CT molecular complexity index is 980. The van der Waals surface area contributed by atoms with E-state index in [1.807, 2.05) is 50.2 Å². The van der Waals surface area contributed by atoms with Crippen LogP contribution in [0.5, 0.6) is 5.88 Å². The van der Waals surface area contributed by atoms with Gasteiger partial charge in [-0.25, -0.2) is 4.98 Å². The first-order valence-electron chi connectivity index (χ1n) is 9.81. The monoisotopic (exact) mass is 371 g/mol. The number of ether oxygens (including phenoxy) is 1. The van der Waals surface area contributed by atoms with Gasteiger partial charge < -0.3 is 10.1 Å². The number of hydrogen-bond acceptors (Lipinski definition) is 4. The Balaban J connectivity index is 1.49. The van der Waals surface area contributed by atoms with E-state index >= 15 is 0 Å². The predicted molar refractivity (Wildman–Crippen MR) is 114 cm³/mol. The van der Waals surface area contributed by atoms with Gasteiger partial charge in [-0.3, -0.25) is 0 Å². The Labute approximate surface area is 166 Å². The van der Waals surface area contributed by atoms with Gasteiger partial charge in [-0.05, 0) is 43.4 Å². The molecule has 1 aromatic heterocycles. The highest BCUT2D eigenvalue weighted by molar-refractivity contribution is 5.73. The van der Waals surface area contributed by atoms with Crippen LogP contribution in [0.3, 0.4) is 0 Å². The molecule has 0 saturated heterocycles. The zero-order chi connectivity index (χ0) is 19.3. The molecule has 1 heterocycles. The SMILES string of the molecule is CC(C)Oc1cc(-c2ccccc2)nc(NCCC2=CCc3ccccc32)n1. The van der Waals surface area contributed by atoms with E-state index in [9.17, 15) is 0 Å². The lowest BCUT2D eigenvalue weighted by Gasteiger charge is -2.13. The second kappa shape index (κ2) is 8.26. The molecule has 0 fully saturated rings. The number of rotatable bonds is 7. The van der Waals surface area contributed by atoms with Crippen molar-refractivity contribution >= 4 is 11.5 Å². The topological polar surface area (TPSA) is 47.0 Å². The van der Waals surface area contributed by atoms with E-state index in [1.54, 1.807) is 0 Å². The maximum absolute atomic E-state index is 5.84. The van der Waals surface area contributed by atoms with Gasteiger partial charge in [-0.1, -0.05) is 60.7 Å². The summed E-state index contributed by atoms with van der Waals surface area (Å²) in [7, 11) is 0. The third-order valence-corrected chi connectivity index (χ3v) is 4.74. The number of nitrogens with one attached hydrogen (secondary N) is 1. The zero-order valence-corrected chi connectivity index (χ0v) is 16.4. The van der Waals surface area contributed by atoms with E-state index in [0.29, 0.717) is 11.8 Å². The van der Waals surface area contributed by atoms with Crippen molar-refractivity contribution in [2.75, 3.05) is 11.9 Å². The van der Waals surface area contributed by atoms with Crippen molar-refractivity contribution in [2.45, 2.75) is 32.8 Å². The van der Waals surface area contributed by atoms with Crippen LogP contribution in [0.4, 0.5) is 5.95 Å². The van der Waals surface area contributed by atoms with E-state index in [4.69, 9.17) is 9.72 Å². The second-order valence-corrected chi connectivity index (χ2v) is 7.22. The maximum atomic E-state index is 5.84. The molecule has 4 heteroatoms. The predicted octanol–water partition coefficient (Wildman–Crippen LogP) is 5.37. The van der Waals surface area contributed by atoms with Crippen molar-refractivity contribution in [3.05, 3.63) is 77.9 Å². The first-order valence-corrected chi connectivity index (χ1v) is 9.81. The Morgan fingerprint density at radius 1 is 1.00 bits per heavy atom. The van der Waals surface area contributed by atoms with Crippen LogP contribution in [0.1, 0.15) is 31.4 Å². The summed E-state index contributed by atoms with van der Waals surface area (Å²) in [6.07, 6.45) is 4.35. The van der Waals surface area contributed by atoms with Crippen LogP contribution in [0, 0.1) is 0 Å². The standard InChI is InChI=1S/C24H25N3O/c1-17(2)28-23-16-22(20-9-4-3-5-10-20)26-24(27-23)25-15-14-19-13-12-18-8-6-7-11-21(18)19/h3-11,13,16-17H,12,14-15H2,1-2H3,(H,25,26,27). The summed E-state index contributed by atoms with van der Waals surface area (Å²) >= 11 is 0. The van der Waals surface area contributed by atoms with E-state index in [2.05, 4.69) is 40.6 Å². The minimum atomic E-state index is 0.0616. The number of benzene rings is 2. The average Bonchev–Trinajstić information content (AvgIpc) is 3.11. The lowest BCUT2D eigenvalue weighted by Crippen LogP contribution is -2.11. The van der Waals surface area contributed by atoms with Crippen LogP contribution in [-0.2, 0) is 6.42 Å². The van der Waals surface area contributed by atoms with Gasteiger partial charge in [-0.2, -0.15) is 4.98 Å². The number of hydrogen-bond donors (Lipinski definition) is 1. The molecule has 0 bridgehead atoms. The Morgan fingerprint density at radius 3 is 2.61 bits per heavy atom. The molecule has 2 aromatic carbocycles. The highest BCUT2D eigenvalue weighted by Gasteiger charge is 2.13. The zero-order valence-electron chi connectivity index (χ0n) is 16.4. The molecule has 0 unspecified atom stereocenters.